The number of hydrogen-bond donors (Lipinski definition) is 1. The molecule has 0 aromatic heterocycles. The minimum atomic E-state index is -0.275. The third kappa shape index (κ3) is 1.71. The van der Waals surface area contributed by atoms with Crippen molar-refractivity contribution in [1.29, 1.82) is 0 Å². The first kappa shape index (κ1) is 10.1. The third-order valence-electron chi connectivity index (χ3n) is 4.40. The molecule has 15 heavy (non-hydrogen) atoms. The second-order valence-corrected chi connectivity index (χ2v) is 5.53. The Hall–Kier alpha value is -0.120. The minimum Gasteiger partial charge on any atom is -0.393 e. The normalized spacial score (nSPS) is 44.2. The summed E-state index contributed by atoms with van der Waals surface area (Å²) < 4.78 is 11.6. The molecule has 3 aliphatic rings. The summed E-state index contributed by atoms with van der Waals surface area (Å²) in [6.45, 7) is 1.50. The van der Waals surface area contributed by atoms with E-state index < -0.39 is 0 Å². The topological polar surface area (TPSA) is 38.7 Å². The standard InChI is InChI=1S/C12H20O3/c13-10-2-5-11(8-10)3-1-4-12(9-11)14-6-7-15-12/h10,13H,1-9H2/t10-,11+/m1/s1. The van der Waals surface area contributed by atoms with Crippen LogP contribution in [0.15, 0.2) is 0 Å². The molecule has 0 unspecified atom stereocenters. The Labute approximate surface area is 90.8 Å². The van der Waals surface area contributed by atoms with Gasteiger partial charge in [0.1, 0.15) is 0 Å². The van der Waals surface area contributed by atoms with Gasteiger partial charge in [-0.1, -0.05) is 0 Å². The lowest BCUT2D eigenvalue weighted by Crippen LogP contribution is -2.41. The van der Waals surface area contributed by atoms with Crippen molar-refractivity contribution in [2.75, 3.05) is 13.2 Å². The molecule has 0 aromatic carbocycles. The zero-order valence-corrected chi connectivity index (χ0v) is 9.21. The molecule has 1 saturated heterocycles. The SMILES string of the molecule is O[C@@H]1CC[C@@]2(CCCC3(C2)OCCO3)C1. The largest absolute Gasteiger partial charge is 0.393 e. The van der Waals surface area contributed by atoms with Crippen molar-refractivity contribution >= 4 is 0 Å². The Morgan fingerprint density at radius 3 is 2.53 bits per heavy atom. The molecule has 0 aromatic rings. The lowest BCUT2D eigenvalue weighted by Gasteiger charge is -2.43. The highest BCUT2D eigenvalue weighted by molar-refractivity contribution is 4.97. The molecule has 2 spiro atoms. The predicted molar refractivity (Wildman–Crippen MR) is 55.4 cm³/mol. The van der Waals surface area contributed by atoms with Crippen LogP contribution in [0.3, 0.4) is 0 Å². The first-order valence-electron chi connectivity index (χ1n) is 6.18. The fraction of sp³-hybridized carbons (Fsp3) is 1.00. The number of rotatable bonds is 0. The minimum absolute atomic E-state index is 0.0819. The van der Waals surface area contributed by atoms with Crippen LogP contribution in [0.2, 0.25) is 0 Å². The summed E-state index contributed by atoms with van der Waals surface area (Å²) in [6.07, 6.45) is 7.49. The van der Waals surface area contributed by atoms with Crippen molar-refractivity contribution in [1.82, 2.24) is 0 Å². The Morgan fingerprint density at radius 1 is 1.07 bits per heavy atom. The van der Waals surface area contributed by atoms with Gasteiger partial charge in [-0.2, -0.15) is 0 Å². The van der Waals surface area contributed by atoms with E-state index in [4.69, 9.17) is 9.47 Å². The van der Waals surface area contributed by atoms with Crippen LogP contribution in [-0.2, 0) is 9.47 Å². The van der Waals surface area contributed by atoms with Crippen LogP contribution in [0.1, 0.15) is 44.9 Å². The van der Waals surface area contributed by atoms with E-state index in [0.29, 0.717) is 5.41 Å². The summed E-state index contributed by atoms with van der Waals surface area (Å²) >= 11 is 0. The fourth-order valence-corrected chi connectivity index (χ4v) is 3.79. The van der Waals surface area contributed by atoms with Crippen LogP contribution >= 0.6 is 0 Å². The third-order valence-corrected chi connectivity index (χ3v) is 4.40. The maximum atomic E-state index is 9.70. The lowest BCUT2D eigenvalue weighted by atomic mass is 9.70. The Bertz CT molecular complexity index is 243. The lowest BCUT2D eigenvalue weighted by molar-refractivity contribution is -0.202. The molecule has 2 saturated carbocycles. The molecule has 2 aliphatic carbocycles. The molecule has 0 amide bonds. The van der Waals surface area contributed by atoms with Gasteiger partial charge in [0.25, 0.3) is 0 Å². The molecule has 86 valence electrons. The molecule has 1 heterocycles. The summed E-state index contributed by atoms with van der Waals surface area (Å²) in [4.78, 5) is 0. The second-order valence-electron chi connectivity index (χ2n) is 5.53. The van der Waals surface area contributed by atoms with Gasteiger partial charge in [-0.05, 0) is 37.5 Å². The highest BCUT2D eigenvalue weighted by Crippen LogP contribution is 2.53. The summed E-state index contributed by atoms with van der Waals surface area (Å²) in [5, 5.41) is 9.70. The van der Waals surface area contributed by atoms with Crippen LogP contribution in [-0.4, -0.2) is 30.2 Å². The van der Waals surface area contributed by atoms with Crippen LogP contribution in [0, 0.1) is 5.41 Å². The molecule has 1 N–H and O–H groups in total. The molecule has 3 nitrogen and oxygen atoms in total. The van der Waals surface area contributed by atoms with Gasteiger partial charge in [0.2, 0.25) is 0 Å². The summed E-state index contributed by atoms with van der Waals surface area (Å²) in [7, 11) is 0. The number of ether oxygens (including phenoxy) is 2. The maximum absolute atomic E-state index is 9.70. The monoisotopic (exact) mass is 212 g/mol. The first-order valence-corrected chi connectivity index (χ1v) is 6.18. The maximum Gasteiger partial charge on any atom is 0.169 e. The van der Waals surface area contributed by atoms with Crippen molar-refractivity contribution in [2.45, 2.75) is 56.8 Å². The van der Waals surface area contributed by atoms with E-state index in [-0.39, 0.29) is 11.9 Å². The van der Waals surface area contributed by atoms with Gasteiger partial charge in [-0.15, -0.1) is 0 Å². The molecule has 3 rings (SSSR count). The smallest absolute Gasteiger partial charge is 0.169 e. The average molecular weight is 212 g/mol. The van der Waals surface area contributed by atoms with Crippen LogP contribution in [0.5, 0.6) is 0 Å². The van der Waals surface area contributed by atoms with Gasteiger partial charge < -0.3 is 14.6 Å². The number of hydrogen-bond acceptors (Lipinski definition) is 3. The van der Waals surface area contributed by atoms with Gasteiger partial charge in [0.15, 0.2) is 5.79 Å². The summed E-state index contributed by atoms with van der Waals surface area (Å²) in [6, 6.07) is 0. The molecule has 3 heteroatoms. The van der Waals surface area contributed by atoms with E-state index in [1.165, 1.54) is 12.8 Å². The van der Waals surface area contributed by atoms with Gasteiger partial charge in [0, 0.05) is 12.8 Å². The van der Waals surface area contributed by atoms with Crippen molar-refractivity contribution < 1.29 is 14.6 Å². The molecule has 1 aliphatic heterocycles. The molecule has 0 bridgehead atoms. The van der Waals surface area contributed by atoms with E-state index in [0.717, 1.165) is 45.3 Å². The van der Waals surface area contributed by atoms with Crippen molar-refractivity contribution in [3.8, 4) is 0 Å². The van der Waals surface area contributed by atoms with Crippen LogP contribution < -0.4 is 0 Å². The highest BCUT2D eigenvalue weighted by Gasteiger charge is 2.50. The van der Waals surface area contributed by atoms with Crippen molar-refractivity contribution in [3.05, 3.63) is 0 Å². The van der Waals surface area contributed by atoms with E-state index in [9.17, 15) is 5.11 Å². The van der Waals surface area contributed by atoms with E-state index in [1.807, 2.05) is 0 Å². The van der Waals surface area contributed by atoms with Gasteiger partial charge >= 0.3 is 0 Å². The number of aliphatic hydroxyl groups excluding tert-OH is 1. The summed E-state index contributed by atoms with van der Waals surface area (Å²) in [5.41, 5.74) is 0.321. The van der Waals surface area contributed by atoms with Crippen LogP contribution in [0.4, 0.5) is 0 Å². The van der Waals surface area contributed by atoms with Crippen LogP contribution in [0.25, 0.3) is 0 Å². The average Bonchev–Trinajstić information content (AvgIpc) is 2.76. The predicted octanol–water partition coefficient (Wildman–Crippen LogP) is 1.83. The van der Waals surface area contributed by atoms with E-state index in [2.05, 4.69) is 0 Å². The van der Waals surface area contributed by atoms with E-state index >= 15 is 0 Å². The Balaban J connectivity index is 1.76. The first-order chi connectivity index (χ1) is 7.22. The van der Waals surface area contributed by atoms with Crippen molar-refractivity contribution in [3.63, 3.8) is 0 Å². The Morgan fingerprint density at radius 2 is 1.87 bits per heavy atom. The highest BCUT2D eigenvalue weighted by atomic mass is 16.7. The zero-order valence-electron chi connectivity index (χ0n) is 9.21. The molecular formula is C12H20O3. The van der Waals surface area contributed by atoms with E-state index in [1.54, 1.807) is 0 Å². The van der Waals surface area contributed by atoms with Crippen molar-refractivity contribution in [2.24, 2.45) is 5.41 Å². The molecule has 0 radical (unpaired) electrons. The summed E-state index contributed by atoms with van der Waals surface area (Å²) in [5.74, 6) is -0.275. The molecule has 2 atom stereocenters. The zero-order chi connectivity index (χ0) is 10.4. The van der Waals surface area contributed by atoms with Gasteiger partial charge in [0.05, 0.1) is 19.3 Å². The molecule has 3 fully saturated rings. The quantitative estimate of drug-likeness (QED) is 0.666. The fourth-order valence-electron chi connectivity index (χ4n) is 3.79. The Kier molecular flexibility index (Phi) is 2.31. The number of aliphatic hydroxyl groups is 1. The van der Waals surface area contributed by atoms with Gasteiger partial charge in [-0.3, -0.25) is 0 Å². The van der Waals surface area contributed by atoms with Gasteiger partial charge in [-0.25, -0.2) is 0 Å². The second kappa shape index (κ2) is 3.44. The molecular weight excluding hydrogens is 192 g/mol.